The van der Waals surface area contributed by atoms with E-state index < -0.39 is 10.0 Å². The van der Waals surface area contributed by atoms with Gasteiger partial charge in [-0.15, -0.1) is 11.3 Å². The monoisotopic (exact) mass is 342 g/mol. The lowest BCUT2D eigenvalue weighted by Crippen LogP contribution is -2.54. The molecule has 1 aromatic rings. The average Bonchev–Trinajstić information content (AvgIpc) is 3.13. The summed E-state index contributed by atoms with van der Waals surface area (Å²) < 4.78 is 27.2. The fourth-order valence-electron chi connectivity index (χ4n) is 4.08. The van der Waals surface area contributed by atoms with Crippen LogP contribution < -0.4 is 0 Å². The average molecular weight is 342 g/mol. The van der Waals surface area contributed by atoms with Crippen molar-refractivity contribution in [3.63, 3.8) is 0 Å². The third-order valence-corrected chi connectivity index (χ3v) is 8.43. The summed E-state index contributed by atoms with van der Waals surface area (Å²) in [4.78, 5) is 13.8. The minimum atomic E-state index is -3.42. The Hall–Kier alpha value is -0.920. The number of hydrogen-bond donors (Lipinski definition) is 0. The molecule has 2 heterocycles. The molecule has 5 nitrogen and oxygen atoms in total. The van der Waals surface area contributed by atoms with Crippen LogP contribution in [0.1, 0.15) is 32.1 Å². The largest absolute Gasteiger partial charge is 0.342 e. The van der Waals surface area contributed by atoms with Crippen LogP contribution in [0.2, 0.25) is 0 Å². The van der Waals surface area contributed by atoms with Crippen molar-refractivity contribution in [1.82, 2.24) is 9.21 Å². The summed E-state index contributed by atoms with van der Waals surface area (Å²) >= 11 is 1.25. The van der Waals surface area contributed by atoms with Crippen molar-refractivity contribution in [2.24, 2.45) is 5.41 Å². The first kappa shape index (κ1) is 16.0. The van der Waals surface area contributed by atoms with E-state index >= 15 is 0 Å². The zero-order chi connectivity index (χ0) is 16.0. The Morgan fingerprint density at radius 1 is 1.45 bits per heavy atom. The zero-order valence-electron chi connectivity index (χ0n) is 13.0. The number of rotatable bonds is 4. The van der Waals surface area contributed by atoms with Crippen molar-refractivity contribution in [2.45, 2.75) is 42.4 Å². The van der Waals surface area contributed by atoms with E-state index in [1.165, 1.54) is 15.6 Å². The minimum absolute atomic E-state index is 0.0816. The quantitative estimate of drug-likeness (QED) is 0.842. The fraction of sp³-hybridized carbons (Fsp3) is 0.667. The molecule has 1 aliphatic carbocycles. The lowest BCUT2D eigenvalue weighted by molar-refractivity contribution is -0.139. The van der Waals surface area contributed by atoms with Crippen molar-refractivity contribution < 1.29 is 13.2 Å². The molecule has 22 heavy (non-hydrogen) atoms. The molecule has 2 aliphatic rings. The molecule has 122 valence electrons. The van der Waals surface area contributed by atoms with Crippen molar-refractivity contribution in [2.75, 3.05) is 20.6 Å². The molecular weight excluding hydrogens is 320 g/mol. The second kappa shape index (κ2) is 5.62. The van der Waals surface area contributed by atoms with Gasteiger partial charge in [-0.1, -0.05) is 12.5 Å². The summed E-state index contributed by atoms with van der Waals surface area (Å²) in [6.45, 7) is 0.496. The first-order chi connectivity index (χ1) is 10.4. The molecule has 1 amide bonds. The van der Waals surface area contributed by atoms with Crippen LogP contribution in [0.15, 0.2) is 21.7 Å². The van der Waals surface area contributed by atoms with E-state index in [2.05, 4.69) is 0 Å². The van der Waals surface area contributed by atoms with E-state index in [1.807, 2.05) is 11.9 Å². The molecule has 1 saturated heterocycles. The van der Waals surface area contributed by atoms with Crippen molar-refractivity contribution in [1.29, 1.82) is 0 Å². The van der Waals surface area contributed by atoms with Crippen molar-refractivity contribution in [3.8, 4) is 0 Å². The van der Waals surface area contributed by atoms with E-state index in [0.29, 0.717) is 17.2 Å². The van der Waals surface area contributed by atoms with E-state index in [-0.39, 0.29) is 17.4 Å². The van der Waals surface area contributed by atoms with Crippen molar-refractivity contribution in [3.05, 3.63) is 17.5 Å². The first-order valence-electron chi connectivity index (χ1n) is 7.62. The van der Waals surface area contributed by atoms with E-state index in [4.69, 9.17) is 0 Å². The summed E-state index contributed by atoms with van der Waals surface area (Å²) in [5, 5.41) is 1.78. The highest BCUT2D eigenvalue weighted by molar-refractivity contribution is 7.91. The Balaban J connectivity index is 1.84. The van der Waals surface area contributed by atoms with Gasteiger partial charge in [0.05, 0.1) is 0 Å². The first-order valence-corrected chi connectivity index (χ1v) is 9.94. The summed E-state index contributed by atoms with van der Waals surface area (Å²) in [5.41, 5.74) is -0.0816. The molecule has 7 heteroatoms. The number of nitrogens with zero attached hydrogens (tertiary/aromatic N) is 2. The number of piperidine rings is 1. The highest BCUT2D eigenvalue weighted by Gasteiger charge is 2.50. The molecule has 1 saturated carbocycles. The standard InChI is InChI=1S/C15H22N2O3S2/c1-16(22(19,20)14-6-4-10-21-14)11-15-8-3-5-12(15)17(2)13(18)7-9-15/h4,6,10,12H,3,5,7-9,11H2,1-2H3/t12-,15+/m1/s1. The van der Waals surface area contributed by atoms with E-state index in [1.54, 1.807) is 24.6 Å². The maximum absolute atomic E-state index is 12.7. The van der Waals surface area contributed by atoms with Crippen LogP contribution in [0.4, 0.5) is 0 Å². The Labute approximate surface area is 136 Å². The molecule has 2 fully saturated rings. The number of carbonyl (C=O) groups is 1. The molecule has 0 aromatic carbocycles. The Bertz CT molecular complexity index is 656. The number of hydrogen-bond acceptors (Lipinski definition) is 4. The van der Waals surface area contributed by atoms with Gasteiger partial charge in [0.2, 0.25) is 5.91 Å². The smallest absolute Gasteiger partial charge is 0.252 e. The molecule has 0 radical (unpaired) electrons. The SMILES string of the molecule is CN1C(=O)CC[C@]2(CN(C)S(=O)(=O)c3cccs3)CCC[C@@H]12. The number of carbonyl (C=O) groups excluding carboxylic acids is 1. The number of likely N-dealkylation sites (tertiary alicyclic amines) is 1. The number of sulfonamides is 1. The number of amides is 1. The highest BCUT2D eigenvalue weighted by atomic mass is 32.2. The van der Waals surface area contributed by atoms with Crippen LogP contribution in [0.25, 0.3) is 0 Å². The lowest BCUT2D eigenvalue weighted by atomic mass is 9.75. The Morgan fingerprint density at radius 3 is 2.91 bits per heavy atom. The van der Waals surface area contributed by atoms with Crippen LogP contribution in [0.3, 0.4) is 0 Å². The molecule has 3 rings (SSSR count). The third-order valence-electron chi connectivity index (χ3n) is 5.25. The van der Waals surface area contributed by atoms with Crippen LogP contribution in [0.5, 0.6) is 0 Å². The molecule has 0 N–H and O–H groups in total. The molecule has 1 aromatic heterocycles. The summed E-state index contributed by atoms with van der Waals surface area (Å²) in [6, 6.07) is 3.58. The van der Waals surface area contributed by atoms with Crippen LogP contribution >= 0.6 is 11.3 Å². The minimum Gasteiger partial charge on any atom is -0.342 e. The predicted molar refractivity (Wildman–Crippen MR) is 86.2 cm³/mol. The third kappa shape index (κ3) is 2.49. The van der Waals surface area contributed by atoms with Crippen LogP contribution in [0, 0.1) is 5.41 Å². The molecule has 2 atom stereocenters. The van der Waals surface area contributed by atoms with E-state index in [0.717, 1.165) is 25.7 Å². The fourth-order valence-corrected chi connectivity index (χ4v) is 6.55. The number of thiophene rings is 1. The van der Waals surface area contributed by atoms with Gasteiger partial charge in [0.25, 0.3) is 10.0 Å². The maximum Gasteiger partial charge on any atom is 0.252 e. The van der Waals surface area contributed by atoms with Crippen LogP contribution in [-0.4, -0.2) is 50.2 Å². The van der Waals surface area contributed by atoms with Gasteiger partial charge in [0.1, 0.15) is 4.21 Å². The van der Waals surface area contributed by atoms with Gasteiger partial charge in [0, 0.05) is 38.5 Å². The van der Waals surface area contributed by atoms with Gasteiger partial charge in [-0.2, -0.15) is 4.31 Å². The van der Waals surface area contributed by atoms with Gasteiger partial charge < -0.3 is 4.90 Å². The van der Waals surface area contributed by atoms with Crippen molar-refractivity contribution >= 4 is 27.3 Å². The van der Waals surface area contributed by atoms with Gasteiger partial charge in [0.15, 0.2) is 0 Å². The Morgan fingerprint density at radius 2 is 2.23 bits per heavy atom. The van der Waals surface area contributed by atoms with Gasteiger partial charge >= 0.3 is 0 Å². The molecule has 0 bridgehead atoms. The van der Waals surface area contributed by atoms with Gasteiger partial charge in [-0.25, -0.2) is 8.42 Å². The molecule has 1 aliphatic heterocycles. The second-order valence-corrected chi connectivity index (χ2v) is 9.69. The maximum atomic E-state index is 12.7. The molecule has 0 unspecified atom stereocenters. The molecular formula is C15H22N2O3S2. The number of fused-ring (bicyclic) bond motifs is 1. The zero-order valence-corrected chi connectivity index (χ0v) is 14.6. The highest BCUT2D eigenvalue weighted by Crippen LogP contribution is 2.48. The topological polar surface area (TPSA) is 57.7 Å². The van der Waals surface area contributed by atoms with Crippen LogP contribution in [-0.2, 0) is 14.8 Å². The Kier molecular flexibility index (Phi) is 4.07. The van der Waals surface area contributed by atoms with Gasteiger partial charge in [-0.3, -0.25) is 4.79 Å². The second-order valence-electron chi connectivity index (χ2n) is 6.47. The normalized spacial score (nSPS) is 29.1. The molecule has 0 spiro atoms. The lowest BCUT2D eigenvalue weighted by Gasteiger charge is -2.46. The van der Waals surface area contributed by atoms with E-state index in [9.17, 15) is 13.2 Å². The summed E-state index contributed by atoms with van der Waals surface area (Å²) in [5.74, 6) is 0.186. The summed E-state index contributed by atoms with van der Waals surface area (Å²) in [7, 11) is 0.102. The predicted octanol–water partition coefficient (Wildman–Crippen LogP) is 2.16. The summed E-state index contributed by atoms with van der Waals surface area (Å²) in [6.07, 6.45) is 4.37. The van der Waals surface area contributed by atoms with Gasteiger partial charge in [-0.05, 0) is 30.7 Å².